The molecule has 1 aromatic heterocycles. The third-order valence-electron chi connectivity index (χ3n) is 4.52. The number of nitrogens with zero attached hydrogens (tertiary/aromatic N) is 1. The Morgan fingerprint density at radius 3 is 2.29 bits per heavy atom. The number of aromatic hydroxyl groups is 1. The number of rotatable bonds is 11. The van der Waals surface area contributed by atoms with Crippen LogP contribution >= 0.6 is 12.2 Å². The molecule has 1 heterocycles. The van der Waals surface area contributed by atoms with Crippen molar-refractivity contribution in [3.05, 3.63) is 39.0 Å². The van der Waals surface area contributed by atoms with Crippen molar-refractivity contribution in [2.45, 2.75) is 52.7 Å². The summed E-state index contributed by atoms with van der Waals surface area (Å²) in [6.45, 7) is 9.66. The number of carbonyl (C=O) groups is 4. The van der Waals surface area contributed by atoms with Gasteiger partial charge in [-0.2, -0.15) is 0 Å². The van der Waals surface area contributed by atoms with E-state index in [4.69, 9.17) is 12.2 Å². The number of allylic oxidation sites excluding steroid dienone is 1. The summed E-state index contributed by atoms with van der Waals surface area (Å²) < 4.78 is 1.09. The molecule has 0 aliphatic rings. The second kappa shape index (κ2) is 12.5. The number of carboxylic acid groups (broad SMARTS) is 1. The van der Waals surface area contributed by atoms with Gasteiger partial charge in [-0.15, -0.1) is 6.58 Å². The first-order valence-electron chi connectivity index (χ1n) is 10.3. The van der Waals surface area contributed by atoms with Crippen LogP contribution in [-0.4, -0.2) is 55.5 Å². The predicted molar refractivity (Wildman–Crippen MR) is 126 cm³/mol. The third kappa shape index (κ3) is 7.99. The van der Waals surface area contributed by atoms with E-state index in [0.717, 1.165) is 10.6 Å². The van der Waals surface area contributed by atoms with E-state index in [9.17, 15) is 34.2 Å². The number of nitrogens with one attached hydrogen (secondary N) is 4. The van der Waals surface area contributed by atoms with E-state index in [1.54, 1.807) is 13.8 Å². The van der Waals surface area contributed by atoms with Crippen molar-refractivity contribution in [3.63, 3.8) is 0 Å². The summed E-state index contributed by atoms with van der Waals surface area (Å²) in [5.41, 5.74) is -1.34. The van der Waals surface area contributed by atoms with Gasteiger partial charge in [0.2, 0.25) is 23.6 Å². The Morgan fingerprint density at radius 2 is 1.79 bits per heavy atom. The number of aromatic nitrogens is 2. The number of aliphatic carboxylic acids is 1. The average molecular weight is 496 g/mol. The molecular formula is C21H29N5O7S. The smallest absolute Gasteiger partial charge is 0.309 e. The lowest BCUT2D eigenvalue weighted by Crippen LogP contribution is -2.54. The quantitative estimate of drug-likeness (QED) is 0.188. The number of hydrogen-bond acceptors (Lipinski definition) is 7. The van der Waals surface area contributed by atoms with E-state index in [1.165, 1.54) is 19.9 Å². The summed E-state index contributed by atoms with van der Waals surface area (Å²) >= 11 is 4.99. The molecule has 13 heteroatoms. The number of carbonyl (C=O) groups excluding carboxylic acids is 3. The molecule has 0 fully saturated rings. The number of carboxylic acids is 1. The number of hydrogen-bond donors (Lipinski definition) is 6. The van der Waals surface area contributed by atoms with Crippen molar-refractivity contribution in [2.24, 2.45) is 5.92 Å². The molecule has 1 aromatic rings. The predicted octanol–water partition coefficient (Wildman–Crippen LogP) is 0.395. The Bertz CT molecular complexity index is 1120. The highest BCUT2D eigenvalue weighted by Gasteiger charge is 2.26. The normalized spacial score (nSPS) is 13.0. The monoisotopic (exact) mass is 495 g/mol. The molecule has 3 amide bonds. The van der Waals surface area contributed by atoms with Crippen LogP contribution in [0.3, 0.4) is 0 Å². The van der Waals surface area contributed by atoms with E-state index in [1.807, 2.05) is 0 Å². The number of aromatic amines is 1. The highest BCUT2D eigenvalue weighted by atomic mass is 32.1. The summed E-state index contributed by atoms with van der Waals surface area (Å²) in [7, 11) is 0. The van der Waals surface area contributed by atoms with Crippen LogP contribution in [0, 0.1) is 10.7 Å². The van der Waals surface area contributed by atoms with E-state index in [-0.39, 0.29) is 28.5 Å². The second-order valence-corrected chi connectivity index (χ2v) is 8.16. The van der Waals surface area contributed by atoms with Crippen molar-refractivity contribution < 1.29 is 29.4 Å². The molecule has 2 unspecified atom stereocenters. The number of amides is 3. The summed E-state index contributed by atoms with van der Waals surface area (Å²) in [5, 5.41) is 27.0. The molecule has 0 bridgehead atoms. The van der Waals surface area contributed by atoms with Gasteiger partial charge < -0.3 is 26.2 Å². The van der Waals surface area contributed by atoms with Crippen molar-refractivity contribution in [2.75, 3.05) is 0 Å². The van der Waals surface area contributed by atoms with E-state index in [0.29, 0.717) is 0 Å². The minimum Gasteiger partial charge on any atom is -0.494 e. The van der Waals surface area contributed by atoms with E-state index >= 15 is 0 Å². The van der Waals surface area contributed by atoms with Crippen molar-refractivity contribution >= 4 is 42.0 Å². The Hall–Kier alpha value is -3.74. The second-order valence-electron chi connectivity index (χ2n) is 7.78. The molecule has 0 aliphatic carbocycles. The SMILES string of the molecule is C=CCn1c(O)c(C=C(CC(=O)O)NC(=O)C(C)NC(=O)C(NC(C)=O)C(C)C)c(=O)[nH]c1=S. The third-order valence-corrected chi connectivity index (χ3v) is 4.84. The maximum absolute atomic E-state index is 12.6. The van der Waals surface area contributed by atoms with Crippen LogP contribution in [0.5, 0.6) is 5.88 Å². The molecule has 0 radical (unpaired) electrons. The van der Waals surface area contributed by atoms with Crippen LogP contribution in [0.1, 0.15) is 39.7 Å². The highest BCUT2D eigenvalue weighted by Crippen LogP contribution is 2.17. The van der Waals surface area contributed by atoms with Gasteiger partial charge in [0.15, 0.2) is 4.77 Å². The van der Waals surface area contributed by atoms with Crippen molar-refractivity contribution in [3.8, 4) is 5.88 Å². The first-order chi connectivity index (χ1) is 15.8. The molecular weight excluding hydrogens is 466 g/mol. The molecule has 0 saturated carbocycles. The van der Waals surface area contributed by atoms with Crippen LogP contribution in [0.15, 0.2) is 23.1 Å². The Balaban J connectivity index is 3.22. The van der Waals surface area contributed by atoms with E-state index in [2.05, 4.69) is 27.5 Å². The summed E-state index contributed by atoms with van der Waals surface area (Å²) in [6.07, 6.45) is 1.75. The number of H-pyrrole nitrogens is 1. The summed E-state index contributed by atoms with van der Waals surface area (Å²) in [4.78, 5) is 62.5. The first-order valence-corrected chi connectivity index (χ1v) is 10.7. The molecule has 12 nitrogen and oxygen atoms in total. The largest absolute Gasteiger partial charge is 0.494 e. The Labute approximate surface area is 200 Å². The fraction of sp³-hybridized carbons (Fsp3) is 0.429. The zero-order valence-electron chi connectivity index (χ0n) is 19.3. The summed E-state index contributed by atoms with van der Waals surface area (Å²) in [6, 6.07) is -2.00. The van der Waals surface area contributed by atoms with Gasteiger partial charge in [0, 0.05) is 19.2 Å². The van der Waals surface area contributed by atoms with Gasteiger partial charge in [-0.25, -0.2) is 0 Å². The molecule has 0 aromatic carbocycles. The fourth-order valence-corrected chi connectivity index (χ4v) is 3.11. The van der Waals surface area contributed by atoms with Crippen LogP contribution < -0.4 is 21.5 Å². The topological polar surface area (TPSA) is 183 Å². The maximum atomic E-state index is 12.6. The highest BCUT2D eigenvalue weighted by molar-refractivity contribution is 7.71. The van der Waals surface area contributed by atoms with Gasteiger partial charge in [-0.05, 0) is 31.1 Å². The standard InChI is InChI=1S/C21H29N5O7S/c1-6-7-26-20(33)14(18(31)25-21(26)34)8-13(9-15(28)29)24-17(30)11(4)22-19(32)16(10(2)3)23-12(5)27/h6,8,10-11,16,33H,1,7,9H2,2-5H3,(H,22,32)(H,23,27)(H,24,30)(H,28,29)(H,25,31,34). The Kier molecular flexibility index (Phi) is 10.4. The van der Waals surface area contributed by atoms with Crippen molar-refractivity contribution in [1.29, 1.82) is 0 Å². The zero-order chi connectivity index (χ0) is 26.2. The molecule has 6 N–H and O–H groups in total. The van der Waals surface area contributed by atoms with Gasteiger partial charge in [0.05, 0.1) is 6.42 Å². The molecule has 0 spiro atoms. The minimum atomic E-state index is -1.32. The molecule has 0 aliphatic heterocycles. The van der Waals surface area contributed by atoms with E-state index < -0.39 is 53.6 Å². The lowest BCUT2D eigenvalue weighted by molar-refractivity contribution is -0.136. The molecule has 1 rings (SSSR count). The average Bonchev–Trinajstić information content (AvgIpc) is 2.71. The van der Waals surface area contributed by atoms with Gasteiger partial charge in [0.25, 0.3) is 5.56 Å². The zero-order valence-corrected chi connectivity index (χ0v) is 20.1. The van der Waals surface area contributed by atoms with Gasteiger partial charge >= 0.3 is 5.97 Å². The molecule has 186 valence electrons. The maximum Gasteiger partial charge on any atom is 0.309 e. The molecule has 34 heavy (non-hydrogen) atoms. The van der Waals surface area contributed by atoms with Crippen LogP contribution in [-0.2, 0) is 25.7 Å². The van der Waals surface area contributed by atoms with Crippen molar-refractivity contribution in [1.82, 2.24) is 25.5 Å². The lowest BCUT2D eigenvalue weighted by atomic mass is 10.0. The van der Waals surface area contributed by atoms with Crippen LogP contribution in [0.2, 0.25) is 0 Å². The van der Waals surface area contributed by atoms with Gasteiger partial charge in [-0.1, -0.05) is 19.9 Å². The Morgan fingerprint density at radius 1 is 1.18 bits per heavy atom. The van der Waals surface area contributed by atoms with Gasteiger partial charge in [0.1, 0.15) is 17.6 Å². The first kappa shape index (κ1) is 28.3. The minimum absolute atomic E-state index is 0.0668. The fourth-order valence-electron chi connectivity index (χ4n) is 2.86. The molecule has 0 saturated heterocycles. The summed E-state index contributed by atoms with van der Waals surface area (Å²) in [5.74, 6) is -3.91. The van der Waals surface area contributed by atoms with Gasteiger partial charge in [-0.3, -0.25) is 33.5 Å². The van der Waals surface area contributed by atoms with Crippen LogP contribution in [0.25, 0.3) is 6.08 Å². The van der Waals surface area contributed by atoms with Crippen LogP contribution in [0.4, 0.5) is 0 Å². The molecule has 2 atom stereocenters. The lowest BCUT2D eigenvalue weighted by Gasteiger charge is -2.23.